The first-order valence-electron chi connectivity index (χ1n) is 7.87. The number of hydrogen-bond acceptors (Lipinski definition) is 3. The molecule has 0 bridgehead atoms. The van der Waals surface area contributed by atoms with Gasteiger partial charge in [-0.1, -0.05) is 30.3 Å². The molecule has 1 aliphatic heterocycles. The summed E-state index contributed by atoms with van der Waals surface area (Å²) in [6.07, 6.45) is -0.148. The lowest BCUT2D eigenvalue weighted by Gasteiger charge is -2.38. The number of carboxylic acid groups (broad SMARTS) is 1. The predicted octanol–water partition coefficient (Wildman–Crippen LogP) is 2.99. The zero-order chi connectivity index (χ0) is 17.1. The van der Waals surface area contributed by atoms with E-state index >= 15 is 0 Å². The highest BCUT2D eigenvalue weighted by Crippen LogP contribution is 2.26. The monoisotopic (exact) mass is 325 g/mol. The number of carbonyl (C=O) groups is 2. The lowest BCUT2D eigenvalue weighted by molar-refractivity contribution is -0.0486. The Morgan fingerprint density at radius 3 is 2.29 bits per heavy atom. The quantitative estimate of drug-likeness (QED) is 0.942. The third-order valence-electron chi connectivity index (χ3n) is 4.24. The summed E-state index contributed by atoms with van der Waals surface area (Å²) in [5.74, 6) is -1.11. The van der Waals surface area contributed by atoms with Gasteiger partial charge in [0, 0.05) is 5.56 Å². The molecule has 2 aromatic rings. The van der Waals surface area contributed by atoms with E-state index in [9.17, 15) is 9.59 Å². The number of aromatic carboxylic acids is 1. The molecule has 0 radical (unpaired) electrons. The highest BCUT2D eigenvalue weighted by Gasteiger charge is 2.31. The second-order valence-corrected chi connectivity index (χ2v) is 5.92. The van der Waals surface area contributed by atoms with Gasteiger partial charge in [0.2, 0.25) is 0 Å². The van der Waals surface area contributed by atoms with Crippen molar-refractivity contribution in [2.24, 2.45) is 0 Å². The lowest BCUT2D eigenvalue weighted by Crippen LogP contribution is -2.48. The van der Waals surface area contributed by atoms with Gasteiger partial charge in [0.05, 0.1) is 24.8 Å². The van der Waals surface area contributed by atoms with Crippen LogP contribution in [-0.2, 0) is 4.74 Å². The van der Waals surface area contributed by atoms with Gasteiger partial charge in [0.15, 0.2) is 0 Å². The van der Waals surface area contributed by atoms with Crippen LogP contribution in [0.4, 0.5) is 0 Å². The maximum atomic E-state index is 12.8. The molecule has 1 aliphatic rings. The molecule has 124 valence electrons. The van der Waals surface area contributed by atoms with E-state index in [1.165, 1.54) is 12.1 Å². The molecular weight excluding hydrogens is 306 g/mol. The van der Waals surface area contributed by atoms with E-state index in [0.29, 0.717) is 18.7 Å². The van der Waals surface area contributed by atoms with E-state index in [0.717, 1.165) is 5.56 Å². The Bertz CT molecular complexity index is 727. The Hall–Kier alpha value is -2.66. The van der Waals surface area contributed by atoms with E-state index in [2.05, 4.69) is 0 Å². The molecule has 0 unspecified atom stereocenters. The fraction of sp³-hybridized carbons (Fsp3) is 0.263. The molecule has 5 heteroatoms. The van der Waals surface area contributed by atoms with Crippen LogP contribution in [0.25, 0.3) is 0 Å². The van der Waals surface area contributed by atoms with Crippen molar-refractivity contribution in [1.29, 1.82) is 0 Å². The lowest BCUT2D eigenvalue weighted by atomic mass is 10.0. The van der Waals surface area contributed by atoms with Gasteiger partial charge in [0.1, 0.15) is 6.10 Å². The molecule has 0 spiro atoms. The number of carbonyl (C=O) groups excluding carboxylic acids is 1. The van der Waals surface area contributed by atoms with Gasteiger partial charge in [0.25, 0.3) is 5.91 Å². The van der Waals surface area contributed by atoms with Crippen molar-refractivity contribution in [3.05, 3.63) is 71.3 Å². The number of nitrogens with zero attached hydrogens (tertiary/aromatic N) is 1. The van der Waals surface area contributed by atoms with E-state index < -0.39 is 5.97 Å². The molecule has 1 saturated heterocycles. The second kappa shape index (κ2) is 6.84. The number of morpholine rings is 1. The summed E-state index contributed by atoms with van der Waals surface area (Å²) in [6, 6.07) is 15.8. The van der Waals surface area contributed by atoms with Crippen LogP contribution in [0.5, 0.6) is 0 Å². The molecule has 24 heavy (non-hydrogen) atoms. The zero-order valence-electron chi connectivity index (χ0n) is 13.4. The molecule has 1 amide bonds. The average molecular weight is 325 g/mol. The topological polar surface area (TPSA) is 66.8 Å². The Morgan fingerprint density at radius 2 is 1.67 bits per heavy atom. The smallest absolute Gasteiger partial charge is 0.335 e. The SMILES string of the molecule is C[C@H]1CO[C@@H](c2ccccc2)CN1C(=O)c1ccc(C(=O)O)cc1. The molecule has 0 aromatic heterocycles. The van der Waals surface area contributed by atoms with Crippen LogP contribution in [0, 0.1) is 0 Å². The minimum absolute atomic E-state index is 0.0309. The minimum atomic E-state index is -1.00. The molecule has 1 N–H and O–H groups in total. The number of hydrogen-bond donors (Lipinski definition) is 1. The maximum Gasteiger partial charge on any atom is 0.335 e. The molecule has 0 aliphatic carbocycles. The first kappa shape index (κ1) is 16.2. The first-order valence-corrected chi connectivity index (χ1v) is 7.87. The van der Waals surface area contributed by atoms with Gasteiger partial charge >= 0.3 is 5.97 Å². The number of ether oxygens (including phenoxy) is 1. The van der Waals surface area contributed by atoms with Gasteiger partial charge in [-0.25, -0.2) is 4.79 Å². The molecule has 5 nitrogen and oxygen atoms in total. The van der Waals surface area contributed by atoms with Crippen molar-refractivity contribution in [1.82, 2.24) is 4.90 Å². The first-order chi connectivity index (χ1) is 11.6. The normalized spacial score (nSPS) is 20.6. The summed E-state index contributed by atoms with van der Waals surface area (Å²) in [5, 5.41) is 8.95. The van der Waals surface area contributed by atoms with Crippen LogP contribution in [0.15, 0.2) is 54.6 Å². The van der Waals surface area contributed by atoms with Gasteiger partial charge in [-0.05, 0) is 36.8 Å². The highest BCUT2D eigenvalue weighted by molar-refractivity contribution is 5.96. The molecule has 2 aromatic carbocycles. The van der Waals surface area contributed by atoms with Crippen molar-refractivity contribution < 1.29 is 19.4 Å². The molecular formula is C19H19NO4. The van der Waals surface area contributed by atoms with Crippen molar-refractivity contribution in [2.75, 3.05) is 13.2 Å². The maximum absolute atomic E-state index is 12.8. The van der Waals surface area contributed by atoms with Crippen LogP contribution in [-0.4, -0.2) is 41.1 Å². The standard InChI is InChI=1S/C19H19NO4/c1-13-12-24-17(14-5-3-2-4-6-14)11-20(13)18(21)15-7-9-16(10-8-15)19(22)23/h2-10,13,17H,11-12H2,1H3,(H,22,23)/t13-,17+/m0/s1. The van der Waals surface area contributed by atoms with Crippen molar-refractivity contribution in [2.45, 2.75) is 19.1 Å². The van der Waals surface area contributed by atoms with Crippen LogP contribution in [0.1, 0.15) is 39.3 Å². The van der Waals surface area contributed by atoms with Crippen LogP contribution < -0.4 is 0 Å². The van der Waals surface area contributed by atoms with Gasteiger partial charge in [-0.3, -0.25) is 4.79 Å². The number of rotatable bonds is 3. The van der Waals surface area contributed by atoms with E-state index in [1.54, 1.807) is 17.0 Å². The van der Waals surface area contributed by atoms with Crippen molar-refractivity contribution in [3.8, 4) is 0 Å². The Kier molecular flexibility index (Phi) is 4.62. The van der Waals surface area contributed by atoms with E-state index in [1.807, 2.05) is 37.3 Å². The Labute approximate surface area is 140 Å². The zero-order valence-corrected chi connectivity index (χ0v) is 13.4. The molecule has 0 saturated carbocycles. The van der Waals surface area contributed by atoms with Gasteiger partial charge in [-0.2, -0.15) is 0 Å². The average Bonchev–Trinajstić information content (AvgIpc) is 2.62. The summed E-state index contributed by atoms with van der Waals surface area (Å²) in [5.41, 5.74) is 1.70. The third kappa shape index (κ3) is 3.31. The largest absolute Gasteiger partial charge is 0.478 e. The summed E-state index contributed by atoms with van der Waals surface area (Å²) in [4.78, 5) is 25.5. The minimum Gasteiger partial charge on any atom is -0.478 e. The van der Waals surface area contributed by atoms with Gasteiger partial charge < -0.3 is 14.7 Å². The number of carboxylic acids is 1. The fourth-order valence-electron chi connectivity index (χ4n) is 2.83. The highest BCUT2D eigenvalue weighted by atomic mass is 16.5. The van der Waals surface area contributed by atoms with Crippen LogP contribution in [0.2, 0.25) is 0 Å². The fourth-order valence-corrected chi connectivity index (χ4v) is 2.83. The second-order valence-electron chi connectivity index (χ2n) is 5.92. The van der Waals surface area contributed by atoms with Gasteiger partial charge in [-0.15, -0.1) is 0 Å². The molecule has 2 atom stereocenters. The molecule has 1 heterocycles. The Balaban J connectivity index is 1.78. The number of benzene rings is 2. The summed E-state index contributed by atoms with van der Waals surface area (Å²) < 4.78 is 5.87. The number of amides is 1. The molecule has 3 rings (SSSR count). The van der Waals surface area contributed by atoms with Crippen LogP contribution in [0.3, 0.4) is 0 Å². The summed E-state index contributed by atoms with van der Waals surface area (Å²) >= 11 is 0. The Morgan fingerprint density at radius 1 is 1.04 bits per heavy atom. The summed E-state index contributed by atoms with van der Waals surface area (Å²) in [7, 11) is 0. The predicted molar refractivity (Wildman–Crippen MR) is 89.0 cm³/mol. The van der Waals surface area contributed by atoms with Crippen molar-refractivity contribution >= 4 is 11.9 Å². The third-order valence-corrected chi connectivity index (χ3v) is 4.24. The van der Waals surface area contributed by atoms with E-state index in [-0.39, 0.29) is 23.6 Å². The molecule has 1 fully saturated rings. The summed E-state index contributed by atoms with van der Waals surface area (Å²) in [6.45, 7) is 2.90. The van der Waals surface area contributed by atoms with E-state index in [4.69, 9.17) is 9.84 Å². The van der Waals surface area contributed by atoms with Crippen molar-refractivity contribution in [3.63, 3.8) is 0 Å². The van der Waals surface area contributed by atoms with Crippen LogP contribution >= 0.6 is 0 Å².